The van der Waals surface area contributed by atoms with Crippen molar-refractivity contribution in [3.05, 3.63) is 28.2 Å². The lowest BCUT2D eigenvalue weighted by Gasteiger charge is -2.13. The summed E-state index contributed by atoms with van der Waals surface area (Å²) in [5.74, 6) is -0.441. The number of rotatable bonds is 4. The molecule has 16 heavy (non-hydrogen) atoms. The maximum atomic E-state index is 11.7. The highest BCUT2D eigenvalue weighted by Crippen LogP contribution is 2.19. The van der Waals surface area contributed by atoms with Crippen LogP contribution in [-0.2, 0) is 9.47 Å². The van der Waals surface area contributed by atoms with Gasteiger partial charge in [-0.05, 0) is 25.1 Å². The third-order valence-electron chi connectivity index (χ3n) is 1.94. The van der Waals surface area contributed by atoms with E-state index in [9.17, 15) is 4.79 Å². The van der Waals surface area contributed by atoms with Crippen LogP contribution in [0.1, 0.15) is 17.3 Å². The number of carbonyl (C=O) groups is 1. The Hall–Kier alpha value is -1.07. The van der Waals surface area contributed by atoms with Crippen LogP contribution < -0.4 is 5.73 Å². The van der Waals surface area contributed by atoms with Gasteiger partial charge in [-0.2, -0.15) is 0 Å². The van der Waals surface area contributed by atoms with E-state index in [1.165, 1.54) is 0 Å². The first-order valence-corrected chi connectivity index (χ1v) is 5.59. The van der Waals surface area contributed by atoms with E-state index in [1.807, 2.05) is 0 Å². The topological polar surface area (TPSA) is 61.5 Å². The number of anilines is 1. The molecule has 0 spiro atoms. The Morgan fingerprint density at radius 2 is 2.25 bits per heavy atom. The first-order valence-electron chi connectivity index (χ1n) is 4.79. The van der Waals surface area contributed by atoms with Crippen molar-refractivity contribution in [3.63, 3.8) is 0 Å². The molecule has 1 unspecified atom stereocenters. The highest BCUT2D eigenvalue weighted by Gasteiger charge is 2.14. The fourth-order valence-electron chi connectivity index (χ4n) is 1.22. The van der Waals surface area contributed by atoms with Crippen molar-refractivity contribution >= 4 is 27.6 Å². The van der Waals surface area contributed by atoms with Gasteiger partial charge in [0.25, 0.3) is 0 Å². The number of halogens is 1. The van der Waals surface area contributed by atoms with Gasteiger partial charge >= 0.3 is 5.97 Å². The number of nitrogen functional groups attached to an aromatic ring is 1. The molecule has 0 aliphatic heterocycles. The molecule has 0 saturated carbocycles. The summed E-state index contributed by atoms with van der Waals surface area (Å²) in [6.45, 7) is 2.12. The molecular weight excluding hydrogens is 274 g/mol. The number of esters is 1. The second-order valence-corrected chi connectivity index (χ2v) is 4.32. The fourth-order valence-corrected chi connectivity index (χ4v) is 1.58. The molecule has 0 aromatic heterocycles. The number of carbonyl (C=O) groups excluding carboxylic acids is 1. The molecule has 1 atom stereocenters. The second-order valence-electron chi connectivity index (χ2n) is 3.40. The Kier molecular flexibility index (Phi) is 4.76. The smallest absolute Gasteiger partial charge is 0.340 e. The summed E-state index contributed by atoms with van der Waals surface area (Å²) in [6, 6.07) is 5.06. The lowest BCUT2D eigenvalue weighted by Crippen LogP contribution is -2.20. The number of methoxy groups -OCH3 is 1. The van der Waals surface area contributed by atoms with Gasteiger partial charge in [-0.1, -0.05) is 15.9 Å². The fraction of sp³-hybridized carbons (Fsp3) is 0.364. The highest BCUT2D eigenvalue weighted by atomic mass is 79.9. The second kappa shape index (κ2) is 5.86. The van der Waals surface area contributed by atoms with Crippen molar-refractivity contribution in [1.82, 2.24) is 0 Å². The van der Waals surface area contributed by atoms with E-state index in [4.69, 9.17) is 15.2 Å². The van der Waals surface area contributed by atoms with Crippen molar-refractivity contribution in [2.45, 2.75) is 13.0 Å². The molecule has 0 bridgehead atoms. The van der Waals surface area contributed by atoms with Crippen LogP contribution >= 0.6 is 15.9 Å². The van der Waals surface area contributed by atoms with E-state index in [0.29, 0.717) is 17.9 Å². The summed E-state index contributed by atoms with van der Waals surface area (Å²) in [4.78, 5) is 11.7. The summed E-state index contributed by atoms with van der Waals surface area (Å²) in [5, 5.41) is 0. The summed E-state index contributed by atoms with van der Waals surface area (Å²) in [6.07, 6.45) is -0.295. The Balaban J connectivity index is 2.76. The van der Waals surface area contributed by atoms with Crippen molar-refractivity contribution < 1.29 is 14.3 Å². The van der Waals surface area contributed by atoms with E-state index >= 15 is 0 Å². The number of benzene rings is 1. The lowest BCUT2D eigenvalue weighted by molar-refractivity contribution is 0.0121. The molecule has 88 valence electrons. The Morgan fingerprint density at radius 1 is 1.56 bits per heavy atom. The zero-order valence-electron chi connectivity index (χ0n) is 9.20. The molecule has 4 nitrogen and oxygen atoms in total. The lowest BCUT2D eigenvalue weighted by atomic mass is 10.2. The minimum Gasteiger partial charge on any atom is -0.457 e. The van der Waals surface area contributed by atoms with Gasteiger partial charge in [-0.25, -0.2) is 4.79 Å². The van der Waals surface area contributed by atoms with Crippen LogP contribution in [0.5, 0.6) is 0 Å². The van der Waals surface area contributed by atoms with E-state index in [1.54, 1.807) is 32.2 Å². The molecule has 0 aliphatic rings. The standard InChI is InChI=1S/C11H14BrNO3/c1-7(6-15-2)16-11(14)9-5-8(12)3-4-10(9)13/h3-5,7H,6,13H2,1-2H3. The summed E-state index contributed by atoms with van der Waals surface area (Å²) in [5.41, 5.74) is 6.45. The monoisotopic (exact) mass is 287 g/mol. The Labute approximate surface area is 103 Å². The summed E-state index contributed by atoms with van der Waals surface area (Å²) < 4.78 is 10.8. The molecule has 1 aromatic carbocycles. The molecule has 1 rings (SSSR count). The number of hydrogen-bond acceptors (Lipinski definition) is 4. The molecule has 0 heterocycles. The van der Waals surface area contributed by atoms with Crippen LogP contribution in [0.4, 0.5) is 5.69 Å². The van der Waals surface area contributed by atoms with Crippen LogP contribution in [0.3, 0.4) is 0 Å². The van der Waals surface area contributed by atoms with E-state index in [-0.39, 0.29) is 6.10 Å². The van der Waals surface area contributed by atoms with Gasteiger partial charge in [0.1, 0.15) is 6.10 Å². The van der Waals surface area contributed by atoms with Crippen LogP contribution in [-0.4, -0.2) is 25.8 Å². The van der Waals surface area contributed by atoms with Gasteiger partial charge in [-0.15, -0.1) is 0 Å². The van der Waals surface area contributed by atoms with Crippen LogP contribution in [0.25, 0.3) is 0 Å². The third-order valence-corrected chi connectivity index (χ3v) is 2.44. The normalized spacial score (nSPS) is 12.2. The molecule has 0 fully saturated rings. The third kappa shape index (κ3) is 3.50. The predicted molar refractivity (Wildman–Crippen MR) is 65.3 cm³/mol. The van der Waals surface area contributed by atoms with Gasteiger partial charge in [0.05, 0.1) is 12.2 Å². The summed E-state index contributed by atoms with van der Waals surface area (Å²) in [7, 11) is 1.55. The number of hydrogen-bond donors (Lipinski definition) is 1. The molecular formula is C11H14BrNO3. The van der Waals surface area contributed by atoms with Gasteiger partial charge in [0.2, 0.25) is 0 Å². The summed E-state index contributed by atoms with van der Waals surface area (Å²) >= 11 is 3.27. The van der Waals surface area contributed by atoms with Gasteiger partial charge in [0, 0.05) is 17.3 Å². The minimum atomic E-state index is -0.441. The van der Waals surface area contributed by atoms with Crippen molar-refractivity contribution in [2.75, 3.05) is 19.5 Å². The van der Waals surface area contributed by atoms with Gasteiger partial charge < -0.3 is 15.2 Å². The first-order chi connectivity index (χ1) is 7.54. The molecule has 2 N–H and O–H groups in total. The van der Waals surface area contributed by atoms with E-state index in [2.05, 4.69) is 15.9 Å². The number of nitrogens with two attached hydrogens (primary N) is 1. The minimum absolute atomic E-state index is 0.295. The van der Waals surface area contributed by atoms with Gasteiger partial charge in [-0.3, -0.25) is 0 Å². The maximum absolute atomic E-state index is 11.7. The average molecular weight is 288 g/mol. The largest absolute Gasteiger partial charge is 0.457 e. The van der Waals surface area contributed by atoms with Crippen molar-refractivity contribution in [1.29, 1.82) is 0 Å². The van der Waals surface area contributed by atoms with E-state index in [0.717, 1.165) is 4.47 Å². The van der Waals surface area contributed by atoms with Crippen LogP contribution in [0, 0.1) is 0 Å². The zero-order valence-corrected chi connectivity index (χ0v) is 10.8. The van der Waals surface area contributed by atoms with Crippen LogP contribution in [0.15, 0.2) is 22.7 Å². The molecule has 0 radical (unpaired) electrons. The average Bonchev–Trinajstić information content (AvgIpc) is 2.21. The van der Waals surface area contributed by atoms with Crippen LogP contribution in [0.2, 0.25) is 0 Å². The number of ether oxygens (including phenoxy) is 2. The van der Waals surface area contributed by atoms with Gasteiger partial charge in [0.15, 0.2) is 0 Å². The van der Waals surface area contributed by atoms with E-state index < -0.39 is 5.97 Å². The predicted octanol–water partition coefficient (Wildman–Crippen LogP) is 2.22. The zero-order chi connectivity index (χ0) is 12.1. The van der Waals surface area contributed by atoms with Crippen molar-refractivity contribution in [3.8, 4) is 0 Å². The Bertz CT molecular complexity index is 381. The maximum Gasteiger partial charge on any atom is 0.340 e. The Morgan fingerprint density at radius 3 is 2.88 bits per heavy atom. The molecule has 0 aliphatic carbocycles. The highest BCUT2D eigenvalue weighted by molar-refractivity contribution is 9.10. The molecule has 5 heteroatoms. The first kappa shape index (κ1) is 13.0. The van der Waals surface area contributed by atoms with Crippen molar-refractivity contribution in [2.24, 2.45) is 0 Å². The molecule has 0 amide bonds. The SMILES string of the molecule is COCC(C)OC(=O)c1cc(Br)ccc1N. The molecule has 0 saturated heterocycles. The quantitative estimate of drug-likeness (QED) is 0.681. The molecule has 1 aromatic rings.